The first-order chi connectivity index (χ1) is 3.80. The van der Waals surface area contributed by atoms with Crippen molar-refractivity contribution in [2.75, 3.05) is 0 Å². The van der Waals surface area contributed by atoms with E-state index in [1.54, 1.807) is 6.07 Å². The lowest BCUT2D eigenvalue weighted by Crippen LogP contribution is -1.77. The maximum Gasteiger partial charge on any atom is 0.505 e. The fraction of sp³-hybridized carbons (Fsp3) is 0. The summed E-state index contributed by atoms with van der Waals surface area (Å²) in [4.78, 5) is 0. The van der Waals surface area contributed by atoms with Crippen molar-refractivity contribution in [1.82, 2.24) is 0 Å². The van der Waals surface area contributed by atoms with Crippen LogP contribution in [0, 0.1) is 0 Å². The summed E-state index contributed by atoms with van der Waals surface area (Å²) in [6.07, 6.45) is 0. The van der Waals surface area contributed by atoms with Crippen LogP contribution in [0.2, 0.25) is 0 Å². The Balaban J connectivity index is 2.93. The quantitative estimate of drug-likeness (QED) is 0.584. The fourth-order valence-corrected chi connectivity index (χ4v) is 2.07. The Morgan fingerprint density at radius 1 is 1.75 bits per heavy atom. The van der Waals surface area contributed by atoms with Gasteiger partial charge in [0.25, 0.3) is 4.62 Å². The van der Waals surface area contributed by atoms with Crippen molar-refractivity contribution in [1.29, 1.82) is 0 Å². The molecule has 0 aromatic carbocycles. The maximum atomic E-state index is 10.4. The van der Waals surface area contributed by atoms with E-state index in [2.05, 4.69) is 0 Å². The molecule has 0 saturated heterocycles. The molecule has 0 bridgehead atoms. The maximum absolute atomic E-state index is 10.4. The molecule has 1 aromatic rings. The molecule has 1 unspecified atom stereocenters. The van der Waals surface area contributed by atoms with Crippen molar-refractivity contribution in [3.8, 4) is 0 Å². The molecule has 4 heteroatoms. The summed E-state index contributed by atoms with van der Waals surface area (Å²) in [5.74, 6) is 0. The van der Waals surface area contributed by atoms with Crippen LogP contribution in [0.25, 0.3) is 0 Å². The molecule has 42 valence electrons. The second kappa shape index (κ2) is 2.58. The zero-order valence-corrected chi connectivity index (χ0v) is 6.34. The van der Waals surface area contributed by atoms with E-state index in [0.717, 1.165) is 4.62 Å². The molecule has 0 radical (unpaired) electrons. The highest BCUT2D eigenvalue weighted by molar-refractivity contribution is 7.83. The summed E-state index contributed by atoms with van der Waals surface area (Å²) in [6.45, 7) is 0. The van der Waals surface area contributed by atoms with Crippen LogP contribution in [0.4, 0.5) is 0 Å². The zero-order chi connectivity index (χ0) is 5.98. The number of hydrogen-bond donors (Lipinski definition) is 0. The Hall–Kier alpha value is 0.0900. The molecule has 0 aliphatic carbocycles. The van der Waals surface area contributed by atoms with Crippen LogP contribution in [0.3, 0.4) is 0 Å². The standard InChI is InChI=1S/C4H3ClOPS/c5-7(6)4-2-1-3-8-4/h1-3H/q+1. The lowest BCUT2D eigenvalue weighted by molar-refractivity contribution is 0.600. The van der Waals surface area contributed by atoms with Crippen LogP contribution in [0.15, 0.2) is 17.5 Å². The van der Waals surface area contributed by atoms with Crippen molar-refractivity contribution in [2.24, 2.45) is 0 Å². The first kappa shape index (κ1) is 6.21. The summed E-state index contributed by atoms with van der Waals surface area (Å²) < 4.78 is 11.2. The molecular formula is C4H3ClOPS+. The molecule has 1 aromatic heterocycles. The molecule has 1 rings (SSSR count). The molecule has 0 fully saturated rings. The molecule has 8 heavy (non-hydrogen) atoms. The Labute approximate surface area is 56.9 Å². The second-order valence-corrected chi connectivity index (χ2v) is 4.34. The van der Waals surface area contributed by atoms with Crippen molar-refractivity contribution in [2.45, 2.75) is 0 Å². The van der Waals surface area contributed by atoms with Gasteiger partial charge in [0, 0.05) is 6.07 Å². The highest BCUT2D eigenvalue weighted by Gasteiger charge is 2.15. The van der Waals surface area contributed by atoms with Crippen LogP contribution < -0.4 is 4.62 Å². The Morgan fingerprint density at radius 2 is 2.50 bits per heavy atom. The molecule has 0 spiro atoms. The Kier molecular flexibility index (Phi) is 2.01. The van der Waals surface area contributed by atoms with Crippen molar-refractivity contribution >= 4 is 34.3 Å². The highest BCUT2D eigenvalue weighted by Crippen LogP contribution is 2.27. The SMILES string of the molecule is O=[P+](Cl)c1cccs1. The first-order valence-electron chi connectivity index (χ1n) is 1.97. The van der Waals surface area contributed by atoms with Crippen molar-refractivity contribution < 1.29 is 4.57 Å². The molecule has 1 heterocycles. The van der Waals surface area contributed by atoms with Crippen molar-refractivity contribution in [3.63, 3.8) is 0 Å². The van der Waals surface area contributed by atoms with Gasteiger partial charge in [-0.15, -0.1) is 0 Å². The summed E-state index contributed by atoms with van der Waals surface area (Å²) in [7, 11) is -1.62. The van der Waals surface area contributed by atoms with Gasteiger partial charge in [0.2, 0.25) is 11.2 Å². The van der Waals surface area contributed by atoms with E-state index >= 15 is 0 Å². The van der Waals surface area contributed by atoms with Gasteiger partial charge in [0.05, 0.1) is 0 Å². The average Bonchev–Trinajstić information content (AvgIpc) is 2.12. The van der Waals surface area contributed by atoms with Gasteiger partial charge in [-0.3, -0.25) is 0 Å². The highest BCUT2D eigenvalue weighted by atomic mass is 35.7. The molecule has 1 atom stereocenters. The first-order valence-corrected chi connectivity index (χ1v) is 5.01. The molecule has 1 nitrogen and oxygen atoms in total. The van der Waals surface area contributed by atoms with Gasteiger partial charge in [-0.1, -0.05) is 11.3 Å². The van der Waals surface area contributed by atoms with Crippen LogP contribution in [-0.2, 0) is 4.57 Å². The van der Waals surface area contributed by atoms with Gasteiger partial charge in [-0.2, -0.15) is 0 Å². The lowest BCUT2D eigenvalue weighted by Gasteiger charge is -1.60. The fourth-order valence-electron chi connectivity index (χ4n) is 0.370. The number of hydrogen-bond acceptors (Lipinski definition) is 2. The summed E-state index contributed by atoms with van der Waals surface area (Å²) >= 11 is 6.68. The van der Waals surface area contributed by atoms with Gasteiger partial charge in [0.15, 0.2) is 0 Å². The van der Waals surface area contributed by atoms with Gasteiger partial charge in [-0.05, 0) is 16.0 Å². The number of rotatable bonds is 1. The largest absolute Gasteiger partial charge is 0.505 e. The van der Waals surface area contributed by atoms with E-state index in [1.165, 1.54) is 11.3 Å². The third-order valence-electron chi connectivity index (χ3n) is 0.679. The third-order valence-corrected chi connectivity index (χ3v) is 3.51. The summed E-state index contributed by atoms with van der Waals surface area (Å²) in [6, 6.07) is 3.59. The van der Waals surface area contributed by atoms with Crippen LogP contribution in [0.1, 0.15) is 0 Å². The minimum absolute atomic E-state index is 0.752. The average molecular weight is 166 g/mol. The monoisotopic (exact) mass is 165 g/mol. The lowest BCUT2D eigenvalue weighted by atomic mass is 10.7. The predicted octanol–water partition coefficient (Wildman–Crippen LogP) is 2.35. The molecule has 0 saturated carbocycles. The van der Waals surface area contributed by atoms with E-state index in [9.17, 15) is 4.57 Å². The van der Waals surface area contributed by atoms with Crippen LogP contribution in [0.5, 0.6) is 0 Å². The van der Waals surface area contributed by atoms with E-state index in [-0.39, 0.29) is 0 Å². The Bertz CT molecular complexity index is 184. The normalized spacial score (nSPS) is 11.4. The summed E-state index contributed by atoms with van der Waals surface area (Å²) in [5, 5.41) is 1.85. The molecular weight excluding hydrogens is 163 g/mol. The van der Waals surface area contributed by atoms with Crippen LogP contribution >= 0.6 is 29.7 Å². The smallest absolute Gasteiger partial charge is 0.0950 e. The van der Waals surface area contributed by atoms with Gasteiger partial charge < -0.3 is 0 Å². The second-order valence-electron chi connectivity index (χ2n) is 1.20. The third kappa shape index (κ3) is 1.28. The zero-order valence-electron chi connectivity index (χ0n) is 3.87. The minimum Gasteiger partial charge on any atom is -0.0950 e. The van der Waals surface area contributed by atoms with E-state index in [0.29, 0.717) is 0 Å². The van der Waals surface area contributed by atoms with Crippen LogP contribution in [-0.4, -0.2) is 0 Å². The molecule has 0 aliphatic heterocycles. The van der Waals surface area contributed by atoms with Gasteiger partial charge in [-0.25, -0.2) is 0 Å². The van der Waals surface area contributed by atoms with E-state index < -0.39 is 7.15 Å². The topological polar surface area (TPSA) is 17.1 Å². The Morgan fingerprint density at radius 3 is 2.75 bits per heavy atom. The van der Waals surface area contributed by atoms with E-state index in [1.807, 2.05) is 11.4 Å². The number of thiophene rings is 1. The summed E-state index contributed by atoms with van der Waals surface area (Å²) in [5.41, 5.74) is 0. The molecule has 0 aliphatic rings. The van der Waals surface area contributed by atoms with Crippen molar-refractivity contribution in [3.05, 3.63) is 17.5 Å². The van der Waals surface area contributed by atoms with Gasteiger partial charge >= 0.3 is 7.15 Å². The van der Waals surface area contributed by atoms with E-state index in [4.69, 9.17) is 11.2 Å². The molecule has 0 N–H and O–H groups in total. The number of halogens is 1. The molecule has 0 amide bonds. The minimum atomic E-state index is -1.62. The van der Waals surface area contributed by atoms with Gasteiger partial charge in [0.1, 0.15) is 0 Å². The predicted molar refractivity (Wildman–Crippen MR) is 37.4 cm³/mol.